The van der Waals surface area contributed by atoms with Gasteiger partial charge in [-0.15, -0.1) is 10.2 Å². The number of aryl methyl sites for hydroxylation is 1. The van der Waals surface area contributed by atoms with Crippen LogP contribution in [0.4, 0.5) is 0 Å². The molecule has 1 atom stereocenters. The molecule has 0 N–H and O–H groups in total. The van der Waals surface area contributed by atoms with Crippen LogP contribution in [0.25, 0.3) is 11.4 Å². The van der Waals surface area contributed by atoms with E-state index >= 15 is 0 Å². The highest BCUT2D eigenvalue weighted by Gasteiger charge is 2.28. The maximum atomic E-state index is 12.6. The van der Waals surface area contributed by atoms with Gasteiger partial charge in [0.15, 0.2) is 15.7 Å². The molecule has 0 bridgehead atoms. The number of benzene rings is 1. The Balaban J connectivity index is 1.76. The van der Waals surface area contributed by atoms with E-state index in [4.69, 9.17) is 16.0 Å². The Bertz CT molecular complexity index is 986. The number of aromatic nitrogens is 4. The Morgan fingerprint density at radius 2 is 1.77 bits per heavy atom. The Morgan fingerprint density at radius 3 is 2.35 bits per heavy atom. The second-order valence-corrected chi connectivity index (χ2v) is 8.52. The van der Waals surface area contributed by atoms with Crippen molar-refractivity contribution in [3.05, 3.63) is 59.0 Å². The summed E-state index contributed by atoms with van der Waals surface area (Å²) in [6, 6.07) is 7.10. The molecule has 0 saturated carbocycles. The zero-order chi connectivity index (χ0) is 18.7. The lowest BCUT2D eigenvalue weighted by atomic mass is 10.2. The van der Waals surface area contributed by atoms with Gasteiger partial charge in [0.2, 0.25) is 11.8 Å². The molecule has 2 aromatic heterocycles. The van der Waals surface area contributed by atoms with Crippen LogP contribution in [-0.2, 0) is 22.0 Å². The molecule has 0 aliphatic rings. The fourth-order valence-corrected chi connectivity index (χ4v) is 3.65. The molecule has 0 radical (unpaired) electrons. The van der Waals surface area contributed by atoms with Gasteiger partial charge < -0.3 is 4.42 Å². The van der Waals surface area contributed by atoms with Crippen LogP contribution in [0.3, 0.4) is 0 Å². The molecule has 3 aromatic rings. The molecule has 0 aliphatic heterocycles. The van der Waals surface area contributed by atoms with E-state index in [2.05, 4.69) is 20.2 Å². The molecule has 0 amide bonds. The smallest absolute Gasteiger partial charge is 0.234 e. The van der Waals surface area contributed by atoms with Crippen molar-refractivity contribution in [3.63, 3.8) is 0 Å². The van der Waals surface area contributed by atoms with E-state index in [0.717, 1.165) is 5.56 Å². The summed E-state index contributed by atoms with van der Waals surface area (Å²) in [6.45, 7) is 3.39. The third-order valence-corrected chi connectivity index (χ3v) is 6.11. The van der Waals surface area contributed by atoms with Gasteiger partial charge in [-0.1, -0.05) is 18.5 Å². The van der Waals surface area contributed by atoms with Crippen molar-refractivity contribution in [3.8, 4) is 11.4 Å². The van der Waals surface area contributed by atoms with Crippen LogP contribution in [0.1, 0.15) is 36.4 Å². The van der Waals surface area contributed by atoms with E-state index in [1.807, 2.05) is 6.92 Å². The van der Waals surface area contributed by atoms with Crippen LogP contribution in [0.2, 0.25) is 5.02 Å². The first-order valence-corrected chi connectivity index (χ1v) is 10.1. The van der Waals surface area contributed by atoms with Crippen molar-refractivity contribution in [2.24, 2.45) is 0 Å². The van der Waals surface area contributed by atoms with Gasteiger partial charge in [0.25, 0.3) is 0 Å². The predicted octanol–water partition coefficient (Wildman–Crippen LogP) is 3.42. The molecule has 26 heavy (non-hydrogen) atoms. The molecule has 0 fully saturated rings. The number of halogens is 1. The minimum atomic E-state index is -3.54. The highest BCUT2D eigenvalue weighted by atomic mass is 35.5. The van der Waals surface area contributed by atoms with Crippen LogP contribution in [0, 0.1) is 0 Å². The van der Waals surface area contributed by atoms with E-state index < -0.39 is 15.1 Å². The molecule has 0 spiro atoms. The third kappa shape index (κ3) is 4.08. The Hall–Kier alpha value is -2.32. The molecule has 7 nitrogen and oxygen atoms in total. The molecular formula is C17H17ClN4O3S. The summed E-state index contributed by atoms with van der Waals surface area (Å²) in [5.41, 5.74) is 1.29. The summed E-state index contributed by atoms with van der Waals surface area (Å²) in [4.78, 5) is 8.48. The average Bonchev–Trinajstić information content (AvgIpc) is 3.11. The standard InChI is InChI=1S/C17H17ClN4O3S/c1-3-15-21-22-17(25-15)11(2)26(23,24)10-12-8-19-16(20-9-12)13-4-6-14(18)7-5-13/h4-9,11H,3,10H2,1-2H3/t11-/m0/s1. The minimum absolute atomic E-state index is 0.0977. The summed E-state index contributed by atoms with van der Waals surface area (Å²) < 4.78 is 30.5. The van der Waals surface area contributed by atoms with Crippen molar-refractivity contribution in [2.75, 3.05) is 0 Å². The first-order chi connectivity index (χ1) is 12.4. The molecule has 3 rings (SSSR count). The molecular weight excluding hydrogens is 376 g/mol. The van der Waals surface area contributed by atoms with Crippen molar-refractivity contribution >= 4 is 21.4 Å². The minimum Gasteiger partial charge on any atom is -0.424 e. The third-order valence-electron chi connectivity index (χ3n) is 3.85. The summed E-state index contributed by atoms with van der Waals surface area (Å²) in [6.07, 6.45) is 3.57. The van der Waals surface area contributed by atoms with Gasteiger partial charge >= 0.3 is 0 Å². The van der Waals surface area contributed by atoms with Gasteiger partial charge in [-0.3, -0.25) is 0 Å². The van der Waals surface area contributed by atoms with Gasteiger partial charge in [-0.25, -0.2) is 18.4 Å². The van der Waals surface area contributed by atoms with E-state index in [1.54, 1.807) is 24.3 Å². The van der Waals surface area contributed by atoms with Crippen molar-refractivity contribution in [1.82, 2.24) is 20.2 Å². The lowest BCUT2D eigenvalue weighted by Gasteiger charge is -2.09. The number of hydrogen-bond donors (Lipinski definition) is 0. The largest absolute Gasteiger partial charge is 0.424 e. The normalized spacial score (nSPS) is 12.9. The highest BCUT2D eigenvalue weighted by Crippen LogP contribution is 2.25. The van der Waals surface area contributed by atoms with Crippen molar-refractivity contribution in [1.29, 1.82) is 0 Å². The van der Waals surface area contributed by atoms with Crippen LogP contribution in [-0.4, -0.2) is 28.6 Å². The quantitative estimate of drug-likeness (QED) is 0.633. The molecule has 0 aliphatic carbocycles. The Kier molecular flexibility index (Phi) is 5.33. The van der Waals surface area contributed by atoms with Gasteiger partial charge in [-0.05, 0) is 31.2 Å². The first-order valence-electron chi connectivity index (χ1n) is 7.99. The topological polar surface area (TPSA) is 98.8 Å². The maximum absolute atomic E-state index is 12.6. The average molecular weight is 393 g/mol. The summed E-state index contributed by atoms with van der Waals surface area (Å²) in [5.74, 6) is 0.803. The first kappa shape index (κ1) is 18.5. The number of sulfone groups is 1. The number of nitrogens with zero attached hydrogens (tertiary/aromatic N) is 4. The molecule has 2 heterocycles. The molecule has 0 saturated heterocycles. The molecule has 0 unspecified atom stereocenters. The van der Waals surface area contributed by atoms with Crippen molar-refractivity contribution < 1.29 is 12.8 Å². The number of rotatable bonds is 6. The zero-order valence-corrected chi connectivity index (χ0v) is 15.8. The van der Waals surface area contributed by atoms with E-state index in [-0.39, 0.29) is 11.6 Å². The van der Waals surface area contributed by atoms with E-state index in [9.17, 15) is 8.42 Å². The Morgan fingerprint density at radius 1 is 1.12 bits per heavy atom. The zero-order valence-electron chi connectivity index (χ0n) is 14.3. The van der Waals surface area contributed by atoms with Gasteiger partial charge in [0.1, 0.15) is 5.25 Å². The monoisotopic (exact) mass is 392 g/mol. The van der Waals surface area contributed by atoms with Crippen LogP contribution in [0.15, 0.2) is 41.1 Å². The van der Waals surface area contributed by atoms with Gasteiger partial charge in [0, 0.05) is 35.0 Å². The predicted molar refractivity (Wildman–Crippen MR) is 97.2 cm³/mol. The summed E-state index contributed by atoms with van der Waals surface area (Å²) >= 11 is 5.86. The Labute approximate surface area is 156 Å². The van der Waals surface area contributed by atoms with Crippen LogP contribution >= 0.6 is 11.6 Å². The molecule has 1 aromatic carbocycles. The van der Waals surface area contributed by atoms with E-state index in [1.165, 1.54) is 19.3 Å². The second-order valence-electron chi connectivity index (χ2n) is 5.76. The second kappa shape index (κ2) is 7.51. The lowest BCUT2D eigenvalue weighted by molar-refractivity contribution is 0.448. The van der Waals surface area contributed by atoms with Crippen LogP contribution < -0.4 is 0 Å². The SMILES string of the molecule is CCc1nnc([C@H](C)S(=O)(=O)Cc2cnc(-c3ccc(Cl)cc3)nc2)o1. The number of hydrogen-bond acceptors (Lipinski definition) is 7. The van der Waals surface area contributed by atoms with Gasteiger partial charge in [0.05, 0.1) is 5.75 Å². The summed E-state index contributed by atoms with van der Waals surface area (Å²) in [7, 11) is -3.54. The fourth-order valence-electron chi connectivity index (χ4n) is 2.26. The van der Waals surface area contributed by atoms with Gasteiger partial charge in [-0.2, -0.15) is 0 Å². The fraction of sp³-hybridized carbons (Fsp3) is 0.294. The molecule has 136 valence electrons. The van der Waals surface area contributed by atoms with Crippen molar-refractivity contribution in [2.45, 2.75) is 31.3 Å². The molecule has 9 heteroatoms. The van der Waals surface area contributed by atoms with E-state index in [0.29, 0.717) is 28.7 Å². The maximum Gasteiger partial charge on any atom is 0.234 e. The van der Waals surface area contributed by atoms with Crippen LogP contribution in [0.5, 0.6) is 0 Å². The summed E-state index contributed by atoms with van der Waals surface area (Å²) in [5, 5.41) is 7.36. The lowest BCUT2D eigenvalue weighted by Crippen LogP contribution is -2.13. The highest BCUT2D eigenvalue weighted by molar-refractivity contribution is 7.90.